The minimum atomic E-state index is -4.34. The number of urea groups is 1. The second-order valence-corrected chi connectivity index (χ2v) is 6.66. The zero-order chi connectivity index (χ0) is 20.5. The van der Waals surface area contributed by atoms with Crippen molar-refractivity contribution in [1.29, 1.82) is 0 Å². The Labute approximate surface area is 159 Å². The van der Waals surface area contributed by atoms with Crippen LogP contribution in [0.5, 0.6) is 5.75 Å². The first-order valence-corrected chi connectivity index (χ1v) is 8.94. The van der Waals surface area contributed by atoms with Crippen molar-refractivity contribution in [2.45, 2.75) is 25.9 Å². The third-order valence-corrected chi connectivity index (χ3v) is 4.77. The van der Waals surface area contributed by atoms with Crippen molar-refractivity contribution in [3.63, 3.8) is 0 Å². The number of halogens is 3. The Bertz CT molecular complexity index is 784. The molecule has 1 aromatic rings. The maximum absolute atomic E-state index is 13.0. The molecule has 2 aliphatic heterocycles. The molecule has 2 aliphatic rings. The molecule has 0 bridgehead atoms. The van der Waals surface area contributed by atoms with Crippen molar-refractivity contribution in [1.82, 2.24) is 9.80 Å². The molecule has 2 saturated heterocycles. The number of carbonyl (C=O) groups is 3. The first-order valence-electron chi connectivity index (χ1n) is 8.94. The molecule has 2 heterocycles. The summed E-state index contributed by atoms with van der Waals surface area (Å²) < 4.78 is 44.4. The third-order valence-electron chi connectivity index (χ3n) is 4.77. The largest absolute Gasteiger partial charge is 0.492 e. The molecule has 1 aromatic carbocycles. The average molecular weight is 399 g/mol. The van der Waals surface area contributed by atoms with E-state index in [1.165, 1.54) is 11.0 Å². The van der Waals surface area contributed by atoms with E-state index in [0.29, 0.717) is 22.8 Å². The second kappa shape index (κ2) is 7.78. The summed E-state index contributed by atoms with van der Waals surface area (Å²) in [6.45, 7) is 1.66. The predicted molar refractivity (Wildman–Crippen MR) is 92.6 cm³/mol. The van der Waals surface area contributed by atoms with Crippen molar-refractivity contribution < 1.29 is 32.3 Å². The van der Waals surface area contributed by atoms with E-state index in [0.717, 1.165) is 0 Å². The first kappa shape index (κ1) is 20.1. The van der Waals surface area contributed by atoms with Crippen LogP contribution in [0.3, 0.4) is 0 Å². The van der Waals surface area contributed by atoms with Crippen LogP contribution in [0.2, 0.25) is 0 Å². The maximum atomic E-state index is 13.0. The van der Waals surface area contributed by atoms with Crippen LogP contribution >= 0.6 is 0 Å². The average Bonchev–Trinajstić information content (AvgIpc) is 2.86. The minimum Gasteiger partial charge on any atom is -0.492 e. The van der Waals surface area contributed by atoms with E-state index < -0.39 is 29.9 Å². The van der Waals surface area contributed by atoms with Crippen molar-refractivity contribution in [3.8, 4) is 5.75 Å². The van der Waals surface area contributed by atoms with E-state index >= 15 is 0 Å². The van der Waals surface area contributed by atoms with E-state index in [1.54, 1.807) is 25.1 Å². The fourth-order valence-electron chi connectivity index (χ4n) is 3.41. The lowest BCUT2D eigenvalue weighted by atomic mass is 9.98. The molecule has 0 aromatic heterocycles. The molecule has 7 nitrogen and oxygen atoms in total. The van der Waals surface area contributed by atoms with Gasteiger partial charge in [-0.1, -0.05) is 12.1 Å². The molecule has 0 saturated carbocycles. The summed E-state index contributed by atoms with van der Waals surface area (Å²) in [6.07, 6.45) is -4.03. The van der Waals surface area contributed by atoms with E-state index in [-0.39, 0.29) is 37.7 Å². The number of likely N-dealkylation sites (tertiary alicyclic amines) is 1. The predicted octanol–water partition coefficient (Wildman–Crippen LogP) is 2.61. The van der Waals surface area contributed by atoms with Crippen molar-refractivity contribution in [3.05, 3.63) is 24.3 Å². The van der Waals surface area contributed by atoms with Gasteiger partial charge in [-0.25, -0.2) is 14.6 Å². The quantitative estimate of drug-likeness (QED) is 0.562. The molecule has 28 heavy (non-hydrogen) atoms. The van der Waals surface area contributed by atoms with Crippen LogP contribution in [0.25, 0.3) is 0 Å². The lowest BCUT2D eigenvalue weighted by Gasteiger charge is -2.35. The Morgan fingerprint density at radius 3 is 2.54 bits per heavy atom. The summed E-state index contributed by atoms with van der Waals surface area (Å²) in [6, 6.07) is 5.38. The van der Waals surface area contributed by atoms with Gasteiger partial charge in [0.1, 0.15) is 5.75 Å². The summed E-state index contributed by atoms with van der Waals surface area (Å²) in [5, 5.41) is 0. The molecule has 0 radical (unpaired) electrons. The van der Waals surface area contributed by atoms with Gasteiger partial charge in [0, 0.05) is 6.54 Å². The van der Waals surface area contributed by atoms with Gasteiger partial charge in [0.25, 0.3) is 0 Å². The molecule has 2 fully saturated rings. The van der Waals surface area contributed by atoms with Crippen LogP contribution in [0.4, 0.5) is 23.7 Å². The van der Waals surface area contributed by atoms with Gasteiger partial charge in [0.05, 0.1) is 24.9 Å². The monoisotopic (exact) mass is 399 g/mol. The number of anilines is 1. The number of hydrogen-bond donors (Lipinski definition) is 0. The number of amides is 4. The third kappa shape index (κ3) is 3.82. The Morgan fingerprint density at radius 2 is 1.86 bits per heavy atom. The second-order valence-electron chi connectivity index (χ2n) is 6.66. The number of piperidine rings is 1. The van der Waals surface area contributed by atoms with Crippen LogP contribution in [0.1, 0.15) is 19.8 Å². The zero-order valence-electron chi connectivity index (χ0n) is 15.2. The number of carbonyl (C=O) groups excluding carboxylic acids is 3. The number of nitrogens with zero attached hydrogens (tertiary/aromatic N) is 3. The highest BCUT2D eigenvalue weighted by atomic mass is 19.4. The van der Waals surface area contributed by atoms with Gasteiger partial charge in [0.2, 0.25) is 0 Å². The number of imide groups is 2. The number of benzene rings is 1. The van der Waals surface area contributed by atoms with Crippen LogP contribution in [0.15, 0.2) is 24.3 Å². The standard InChI is InChI=1S/C18H20F3N3O4/c1-2-28-14-8-4-3-7-13(14)24-16(26)15(25)23(17(24)27)11-22-9-5-6-12(10-22)18(19,20)21/h3-4,7-8,12H,2,5-6,9-11H2,1H3/t12-/m1/s1. The van der Waals surface area contributed by atoms with Crippen LogP contribution < -0.4 is 9.64 Å². The summed E-state index contributed by atoms with van der Waals surface area (Å²) in [5.74, 6) is -3.37. The molecular formula is C18H20F3N3O4. The van der Waals surface area contributed by atoms with Gasteiger partial charge < -0.3 is 4.74 Å². The summed E-state index contributed by atoms with van der Waals surface area (Å²) in [5.41, 5.74) is 0.127. The topological polar surface area (TPSA) is 70.2 Å². The lowest BCUT2D eigenvalue weighted by molar-refractivity contribution is -0.187. The Hall–Kier alpha value is -2.62. The smallest absolute Gasteiger partial charge is 0.393 e. The molecular weight excluding hydrogens is 379 g/mol. The zero-order valence-corrected chi connectivity index (χ0v) is 15.2. The van der Waals surface area contributed by atoms with Crippen molar-refractivity contribution >= 4 is 23.5 Å². The fraction of sp³-hybridized carbons (Fsp3) is 0.500. The molecule has 0 spiro atoms. The molecule has 0 N–H and O–H groups in total. The van der Waals surface area contributed by atoms with E-state index in [9.17, 15) is 27.6 Å². The number of hydrogen-bond acceptors (Lipinski definition) is 5. The fourth-order valence-corrected chi connectivity index (χ4v) is 3.41. The highest BCUT2D eigenvalue weighted by Gasteiger charge is 2.48. The summed E-state index contributed by atoms with van der Waals surface area (Å²) in [7, 11) is 0. The normalized spacial score (nSPS) is 21.6. The van der Waals surface area contributed by atoms with Gasteiger partial charge in [-0.2, -0.15) is 13.2 Å². The lowest BCUT2D eigenvalue weighted by Crippen LogP contribution is -2.48. The molecule has 10 heteroatoms. The highest BCUT2D eigenvalue weighted by molar-refractivity contribution is 6.53. The minimum absolute atomic E-state index is 0.00861. The van der Waals surface area contributed by atoms with Crippen molar-refractivity contribution in [2.75, 3.05) is 31.3 Å². The van der Waals surface area contributed by atoms with E-state index in [2.05, 4.69) is 0 Å². The summed E-state index contributed by atoms with van der Waals surface area (Å²) in [4.78, 5) is 40.3. The molecule has 0 unspecified atom stereocenters. The van der Waals surface area contributed by atoms with E-state index in [4.69, 9.17) is 4.74 Å². The SMILES string of the molecule is CCOc1ccccc1N1C(=O)C(=O)N(CN2CCC[C@@H](C(F)(F)F)C2)C1=O. The molecule has 1 atom stereocenters. The number of para-hydroxylation sites is 2. The molecule has 3 rings (SSSR count). The summed E-state index contributed by atoms with van der Waals surface area (Å²) >= 11 is 0. The van der Waals surface area contributed by atoms with Crippen molar-refractivity contribution in [2.24, 2.45) is 5.92 Å². The van der Waals surface area contributed by atoms with Crippen LogP contribution in [-0.4, -0.2) is 60.2 Å². The maximum Gasteiger partial charge on any atom is 0.393 e. The van der Waals surface area contributed by atoms with Crippen LogP contribution in [0, 0.1) is 5.92 Å². The van der Waals surface area contributed by atoms with Crippen LogP contribution in [-0.2, 0) is 9.59 Å². The highest BCUT2D eigenvalue weighted by Crippen LogP contribution is 2.34. The van der Waals surface area contributed by atoms with Gasteiger partial charge in [-0.15, -0.1) is 0 Å². The molecule has 0 aliphatic carbocycles. The Morgan fingerprint density at radius 1 is 1.14 bits per heavy atom. The van der Waals surface area contributed by atoms with Gasteiger partial charge in [0.15, 0.2) is 0 Å². The number of alkyl halides is 3. The van der Waals surface area contributed by atoms with E-state index in [1.807, 2.05) is 0 Å². The Kier molecular flexibility index (Phi) is 5.59. The Balaban J connectivity index is 1.79. The van der Waals surface area contributed by atoms with Gasteiger partial charge in [-0.05, 0) is 38.4 Å². The number of ether oxygens (including phenoxy) is 1. The molecule has 152 valence electrons. The van der Waals surface area contributed by atoms with Gasteiger partial charge >= 0.3 is 24.0 Å². The molecule has 4 amide bonds. The first-order chi connectivity index (χ1) is 13.2. The van der Waals surface area contributed by atoms with Gasteiger partial charge in [-0.3, -0.25) is 14.5 Å². The number of rotatable bonds is 5.